The zero-order valence-electron chi connectivity index (χ0n) is 22.1. The van der Waals surface area contributed by atoms with Crippen molar-refractivity contribution >= 4 is 11.8 Å². The van der Waals surface area contributed by atoms with Crippen LogP contribution in [0.1, 0.15) is 122 Å². The Bertz CT molecular complexity index is 708. The number of hydrogen-bond donors (Lipinski definition) is 3. The van der Waals surface area contributed by atoms with Gasteiger partial charge in [0.1, 0.15) is 0 Å². The minimum absolute atomic E-state index is 0.150. The maximum absolute atomic E-state index is 12.2. The fourth-order valence-corrected chi connectivity index (χ4v) is 4.52. The molecule has 1 aromatic rings. The highest BCUT2D eigenvalue weighted by molar-refractivity contribution is 6.34. The summed E-state index contributed by atoms with van der Waals surface area (Å²) in [6, 6.07) is 4.71. The number of unbranched alkanes of at least 4 members (excludes halogenated alkanes) is 15. The maximum atomic E-state index is 12.2. The topological polar surface area (TPSA) is 104 Å². The van der Waals surface area contributed by atoms with Crippen LogP contribution in [0.3, 0.4) is 0 Å². The first-order valence-corrected chi connectivity index (χ1v) is 14.0. The van der Waals surface area contributed by atoms with E-state index in [1.165, 1.54) is 95.6 Å². The van der Waals surface area contributed by atoms with Gasteiger partial charge in [0.15, 0.2) is 11.5 Å². The van der Waals surface area contributed by atoms with Crippen molar-refractivity contribution in [1.29, 1.82) is 0 Å². The molecule has 0 bridgehead atoms. The lowest BCUT2D eigenvalue weighted by molar-refractivity contribution is -0.144. The highest BCUT2D eigenvalue weighted by Gasteiger charge is 2.18. The van der Waals surface area contributed by atoms with E-state index in [4.69, 9.17) is 5.73 Å². The third-order valence-corrected chi connectivity index (χ3v) is 6.71. The number of carbonyl (C=O) groups excluding carboxylic acids is 2. The Kier molecular flexibility index (Phi) is 17.6. The Morgan fingerprint density at radius 2 is 1.14 bits per heavy atom. The minimum Gasteiger partial charge on any atom is -0.504 e. The molecular formula is C29H50N2O4. The van der Waals surface area contributed by atoms with Crippen LogP contribution in [0.25, 0.3) is 0 Å². The van der Waals surface area contributed by atoms with Gasteiger partial charge >= 0.3 is 11.8 Å². The number of phenolic OH excluding ortho intramolecular Hbond substituents is 2. The molecule has 0 saturated heterocycles. The summed E-state index contributed by atoms with van der Waals surface area (Å²) in [4.78, 5) is 25.1. The van der Waals surface area contributed by atoms with E-state index in [-0.39, 0.29) is 11.5 Å². The number of aryl methyl sites for hydroxylation is 1. The average molecular weight is 491 g/mol. The number of nitrogens with zero attached hydrogens (tertiary/aromatic N) is 1. The second kappa shape index (κ2) is 20.0. The molecule has 200 valence electrons. The highest BCUT2D eigenvalue weighted by Crippen LogP contribution is 2.25. The van der Waals surface area contributed by atoms with E-state index >= 15 is 0 Å². The van der Waals surface area contributed by atoms with Gasteiger partial charge in [0.05, 0.1) is 0 Å². The molecule has 0 atom stereocenters. The van der Waals surface area contributed by atoms with Crippen LogP contribution in [-0.2, 0) is 16.0 Å². The Morgan fingerprint density at radius 3 is 1.60 bits per heavy atom. The zero-order chi connectivity index (χ0) is 25.7. The second-order valence-corrected chi connectivity index (χ2v) is 9.89. The highest BCUT2D eigenvalue weighted by atomic mass is 16.3. The standard InChI is InChI=1S/C29H50N2O4/c1-2-3-4-5-6-7-8-9-10-11-12-13-14-15-16-17-22-31(29(35)28(30)34)23-18-19-25-20-21-26(32)27(33)24-25/h20-21,24,32-33H,2-19,22-23H2,1H3,(H2,30,34). The van der Waals surface area contributed by atoms with Crippen molar-refractivity contribution in [2.45, 2.75) is 122 Å². The predicted molar refractivity (Wildman–Crippen MR) is 143 cm³/mol. The van der Waals surface area contributed by atoms with Gasteiger partial charge in [-0.25, -0.2) is 0 Å². The van der Waals surface area contributed by atoms with Crippen molar-refractivity contribution in [2.24, 2.45) is 5.73 Å². The molecule has 2 amide bonds. The van der Waals surface area contributed by atoms with Gasteiger partial charge in [-0.2, -0.15) is 0 Å². The first kappa shape index (κ1) is 30.8. The van der Waals surface area contributed by atoms with Crippen molar-refractivity contribution in [3.05, 3.63) is 23.8 Å². The van der Waals surface area contributed by atoms with Crippen molar-refractivity contribution < 1.29 is 19.8 Å². The van der Waals surface area contributed by atoms with Gasteiger partial charge in [-0.05, 0) is 37.0 Å². The van der Waals surface area contributed by atoms with Crippen LogP contribution in [0.5, 0.6) is 11.5 Å². The molecule has 0 aromatic heterocycles. The Morgan fingerprint density at radius 1 is 0.686 bits per heavy atom. The summed E-state index contributed by atoms with van der Waals surface area (Å²) in [6.07, 6.45) is 22.0. The summed E-state index contributed by atoms with van der Waals surface area (Å²) in [5.41, 5.74) is 6.10. The number of hydrogen-bond acceptors (Lipinski definition) is 4. The SMILES string of the molecule is CCCCCCCCCCCCCCCCCCN(CCCc1ccc(O)c(O)c1)C(=O)C(N)=O. The van der Waals surface area contributed by atoms with Crippen molar-refractivity contribution in [3.8, 4) is 11.5 Å². The fraction of sp³-hybridized carbons (Fsp3) is 0.724. The first-order chi connectivity index (χ1) is 17.0. The summed E-state index contributed by atoms with van der Waals surface area (Å²) in [5.74, 6) is -1.84. The number of amides is 2. The molecule has 0 unspecified atom stereocenters. The van der Waals surface area contributed by atoms with Gasteiger partial charge in [0.25, 0.3) is 0 Å². The van der Waals surface area contributed by atoms with Crippen molar-refractivity contribution in [1.82, 2.24) is 4.90 Å². The molecule has 0 fully saturated rings. The molecular weight excluding hydrogens is 440 g/mol. The van der Waals surface area contributed by atoms with E-state index in [9.17, 15) is 19.8 Å². The Hall–Kier alpha value is -2.24. The normalized spacial score (nSPS) is 11.0. The van der Waals surface area contributed by atoms with Gasteiger partial charge in [0, 0.05) is 13.1 Å². The van der Waals surface area contributed by atoms with Gasteiger partial charge in [-0.15, -0.1) is 0 Å². The zero-order valence-corrected chi connectivity index (χ0v) is 22.1. The summed E-state index contributed by atoms with van der Waals surface area (Å²) in [6.45, 7) is 3.25. The lowest BCUT2D eigenvalue weighted by Crippen LogP contribution is -2.41. The smallest absolute Gasteiger partial charge is 0.311 e. The number of primary amides is 1. The number of benzene rings is 1. The molecule has 35 heavy (non-hydrogen) atoms. The Balaban J connectivity index is 2.07. The van der Waals surface area contributed by atoms with E-state index in [0.29, 0.717) is 25.9 Å². The largest absolute Gasteiger partial charge is 0.504 e. The number of phenols is 2. The van der Waals surface area contributed by atoms with Crippen LogP contribution >= 0.6 is 0 Å². The molecule has 6 nitrogen and oxygen atoms in total. The van der Waals surface area contributed by atoms with E-state index in [0.717, 1.165) is 24.8 Å². The van der Waals surface area contributed by atoms with Crippen LogP contribution in [-0.4, -0.2) is 40.0 Å². The van der Waals surface area contributed by atoms with Gasteiger partial charge in [0.2, 0.25) is 0 Å². The number of nitrogens with two attached hydrogens (primary N) is 1. The minimum atomic E-state index is -0.913. The fourth-order valence-electron chi connectivity index (χ4n) is 4.52. The van der Waals surface area contributed by atoms with Crippen LogP contribution in [0.4, 0.5) is 0 Å². The molecule has 0 saturated carbocycles. The van der Waals surface area contributed by atoms with E-state index < -0.39 is 11.8 Å². The summed E-state index contributed by atoms with van der Waals surface area (Å²) in [5, 5.41) is 19.0. The monoisotopic (exact) mass is 490 g/mol. The van der Waals surface area contributed by atoms with Gasteiger partial charge in [-0.1, -0.05) is 109 Å². The number of carbonyl (C=O) groups is 2. The van der Waals surface area contributed by atoms with Crippen molar-refractivity contribution in [2.75, 3.05) is 13.1 Å². The van der Waals surface area contributed by atoms with Crippen LogP contribution < -0.4 is 5.73 Å². The lowest BCUT2D eigenvalue weighted by atomic mass is 10.0. The van der Waals surface area contributed by atoms with E-state index in [1.54, 1.807) is 11.0 Å². The number of rotatable bonds is 21. The average Bonchev–Trinajstić information content (AvgIpc) is 2.84. The third kappa shape index (κ3) is 15.4. The summed E-state index contributed by atoms with van der Waals surface area (Å²) in [7, 11) is 0. The van der Waals surface area contributed by atoms with Gasteiger partial charge in [-0.3, -0.25) is 9.59 Å². The molecule has 0 aliphatic rings. The lowest BCUT2D eigenvalue weighted by Gasteiger charge is -2.21. The molecule has 0 spiro atoms. The van der Waals surface area contributed by atoms with E-state index in [2.05, 4.69) is 6.92 Å². The number of aromatic hydroxyl groups is 2. The molecule has 6 heteroatoms. The molecule has 0 aliphatic carbocycles. The van der Waals surface area contributed by atoms with Crippen LogP contribution in [0.2, 0.25) is 0 Å². The quantitative estimate of drug-likeness (QED) is 0.102. The molecule has 0 heterocycles. The third-order valence-electron chi connectivity index (χ3n) is 6.71. The van der Waals surface area contributed by atoms with Crippen LogP contribution in [0.15, 0.2) is 18.2 Å². The van der Waals surface area contributed by atoms with E-state index in [1.807, 2.05) is 0 Å². The molecule has 1 aromatic carbocycles. The van der Waals surface area contributed by atoms with Gasteiger partial charge < -0.3 is 20.8 Å². The summed E-state index contributed by atoms with van der Waals surface area (Å²) >= 11 is 0. The predicted octanol–water partition coefficient (Wildman–Crippen LogP) is 6.61. The summed E-state index contributed by atoms with van der Waals surface area (Å²) < 4.78 is 0. The second-order valence-electron chi connectivity index (χ2n) is 9.89. The van der Waals surface area contributed by atoms with Crippen LogP contribution in [0, 0.1) is 0 Å². The molecule has 4 N–H and O–H groups in total. The van der Waals surface area contributed by atoms with Crippen molar-refractivity contribution in [3.63, 3.8) is 0 Å². The maximum Gasteiger partial charge on any atom is 0.311 e. The molecule has 1 rings (SSSR count). The molecule has 0 aliphatic heterocycles. The molecule has 0 radical (unpaired) electrons. The Labute approximate surface area is 213 Å². The first-order valence-electron chi connectivity index (χ1n) is 14.0.